The first-order chi connectivity index (χ1) is 7.67. The van der Waals surface area contributed by atoms with E-state index in [4.69, 9.17) is 15.2 Å². The molecule has 0 aliphatic carbocycles. The lowest BCUT2D eigenvalue weighted by Crippen LogP contribution is -2.30. The fourth-order valence-electron chi connectivity index (χ4n) is 1.19. The normalized spacial score (nSPS) is 12.5. The summed E-state index contributed by atoms with van der Waals surface area (Å²) in [5.74, 6) is 0.122. The van der Waals surface area contributed by atoms with Gasteiger partial charge in [-0.3, -0.25) is 0 Å². The van der Waals surface area contributed by atoms with Gasteiger partial charge in [-0.2, -0.15) is 0 Å². The predicted octanol–water partition coefficient (Wildman–Crippen LogP) is 2.33. The van der Waals surface area contributed by atoms with Gasteiger partial charge in [0, 0.05) is 19.2 Å². The highest BCUT2D eigenvalue weighted by Crippen LogP contribution is 2.25. The first kappa shape index (κ1) is 13.4. The predicted molar refractivity (Wildman–Crippen MR) is 64.1 cm³/mol. The summed E-state index contributed by atoms with van der Waals surface area (Å²) in [5, 5.41) is 0. The zero-order chi connectivity index (χ0) is 12.0. The molecule has 1 unspecified atom stereocenters. The molecule has 1 aromatic rings. The number of hydrogen-bond acceptors (Lipinski definition) is 3. The summed E-state index contributed by atoms with van der Waals surface area (Å²) in [6.07, 6.45) is -0.167. The van der Waals surface area contributed by atoms with Crippen molar-refractivity contribution in [3.8, 4) is 5.75 Å². The molecule has 16 heavy (non-hydrogen) atoms. The lowest BCUT2D eigenvalue weighted by atomic mass is 10.3. The Labute approximate surface area is 103 Å². The third kappa shape index (κ3) is 4.08. The highest BCUT2D eigenvalue weighted by Gasteiger charge is 2.09. The van der Waals surface area contributed by atoms with E-state index in [1.807, 2.05) is 6.92 Å². The maximum Gasteiger partial charge on any atom is 0.136 e. The van der Waals surface area contributed by atoms with Crippen LogP contribution in [0.15, 0.2) is 22.7 Å². The minimum atomic E-state index is -0.334. The zero-order valence-electron chi connectivity index (χ0n) is 9.08. The maximum absolute atomic E-state index is 12.9. The van der Waals surface area contributed by atoms with Gasteiger partial charge in [0.2, 0.25) is 0 Å². The molecular formula is C11H15BrFNO2. The Morgan fingerprint density at radius 1 is 1.50 bits per heavy atom. The number of rotatable bonds is 6. The third-order valence-corrected chi connectivity index (χ3v) is 2.64. The molecule has 0 aromatic heterocycles. The molecule has 0 bridgehead atoms. The molecule has 1 rings (SSSR count). The Kier molecular flexibility index (Phi) is 5.73. The molecule has 0 aliphatic rings. The molecule has 2 N–H and O–H groups in total. The van der Waals surface area contributed by atoms with Crippen molar-refractivity contribution < 1.29 is 13.9 Å². The first-order valence-corrected chi connectivity index (χ1v) is 5.86. The number of ether oxygens (including phenoxy) is 2. The smallest absolute Gasteiger partial charge is 0.136 e. The van der Waals surface area contributed by atoms with Gasteiger partial charge in [-0.05, 0) is 35.0 Å². The van der Waals surface area contributed by atoms with Gasteiger partial charge in [-0.1, -0.05) is 0 Å². The largest absolute Gasteiger partial charge is 0.490 e. The monoisotopic (exact) mass is 291 g/mol. The Morgan fingerprint density at radius 2 is 2.25 bits per heavy atom. The summed E-state index contributed by atoms with van der Waals surface area (Å²) in [4.78, 5) is 0. The van der Waals surface area contributed by atoms with Crippen molar-refractivity contribution in [1.29, 1.82) is 0 Å². The number of hydrogen-bond donors (Lipinski definition) is 1. The van der Waals surface area contributed by atoms with Crippen molar-refractivity contribution in [1.82, 2.24) is 0 Å². The number of halogens is 2. The fourth-order valence-corrected chi connectivity index (χ4v) is 1.55. The molecule has 90 valence electrons. The molecule has 3 nitrogen and oxygen atoms in total. The van der Waals surface area contributed by atoms with Crippen LogP contribution in [0, 0.1) is 5.82 Å². The van der Waals surface area contributed by atoms with Crippen LogP contribution in [0.5, 0.6) is 5.75 Å². The second-order valence-corrected chi connectivity index (χ2v) is 4.05. The molecule has 5 heteroatoms. The molecule has 0 fully saturated rings. The first-order valence-electron chi connectivity index (χ1n) is 5.07. The van der Waals surface area contributed by atoms with Gasteiger partial charge in [-0.25, -0.2) is 4.39 Å². The van der Waals surface area contributed by atoms with E-state index < -0.39 is 0 Å². The third-order valence-electron chi connectivity index (χ3n) is 1.98. The summed E-state index contributed by atoms with van der Waals surface area (Å²) in [6, 6.07) is 4.28. The van der Waals surface area contributed by atoms with Crippen LogP contribution >= 0.6 is 15.9 Å². The van der Waals surface area contributed by atoms with Crippen LogP contribution in [-0.2, 0) is 4.74 Å². The van der Waals surface area contributed by atoms with Crippen molar-refractivity contribution in [2.45, 2.75) is 13.0 Å². The molecule has 0 amide bonds. The van der Waals surface area contributed by atoms with E-state index in [2.05, 4.69) is 15.9 Å². The van der Waals surface area contributed by atoms with Crippen LogP contribution in [0.25, 0.3) is 0 Å². The van der Waals surface area contributed by atoms with Crippen LogP contribution in [0.2, 0.25) is 0 Å². The second kappa shape index (κ2) is 6.83. The quantitative estimate of drug-likeness (QED) is 0.875. The van der Waals surface area contributed by atoms with Crippen molar-refractivity contribution in [3.05, 3.63) is 28.5 Å². The van der Waals surface area contributed by atoms with Crippen molar-refractivity contribution in [2.75, 3.05) is 19.8 Å². The van der Waals surface area contributed by atoms with Crippen molar-refractivity contribution in [3.63, 3.8) is 0 Å². The van der Waals surface area contributed by atoms with Gasteiger partial charge >= 0.3 is 0 Å². The number of benzene rings is 1. The Morgan fingerprint density at radius 3 is 2.88 bits per heavy atom. The van der Waals surface area contributed by atoms with Gasteiger partial charge in [-0.15, -0.1) is 0 Å². The SMILES string of the molecule is CCOC(CN)COc1cc(F)ccc1Br. The van der Waals surface area contributed by atoms with Crippen molar-refractivity contribution in [2.24, 2.45) is 5.73 Å². The van der Waals surface area contributed by atoms with Crippen LogP contribution < -0.4 is 10.5 Å². The zero-order valence-corrected chi connectivity index (χ0v) is 10.7. The number of nitrogens with two attached hydrogens (primary N) is 1. The van der Waals surface area contributed by atoms with E-state index in [1.165, 1.54) is 12.1 Å². The molecule has 0 saturated carbocycles. The lowest BCUT2D eigenvalue weighted by Gasteiger charge is -2.16. The lowest BCUT2D eigenvalue weighted by molar-refractivity contribution is 0.0334. The molecule has 0 spiro atoms. The van der Waals surface area contributed by atoms with E-state index >= 15 is 0 Å². The highest BCUT2D eigenvalue weighted by molar-refractivity contribution is 9.10. The van der Waals surface area contributed by atoms with Crippen LogP contribution in [-0.4, -0.2) is 25.9 Å². The molecule has 0 aliphatic heterocycles. The van der Waals surface area contributed by atoms with E-state index in [1.54, 1.807) is 6.07 Å². The van der Waals surface area contributed by atoms with E-state index in [0.29, 0.717) is 30.0 Å². The summed E-state index contributed by atoms with van der Waals surface area (Å²) in [6.45, 7) is 3.16. The average Bonchev–Trinajstić information content (AvgIpc) is 2.28. The van der Waals surface area contributed by atoms with Gasteiger partial charge in [0.05, 0.1) is 4.47 Å². The summed E-state index contributed by atoms with van der Waals surface area (Å²) >= 11 is 3.28. The van der Waals surface area contributed by atoms with E-state index in [0.717, 1.165) is 0 Å². The highest BCUT2D eigenvalue weighted by atomic mass is 79.9. The Bertz CT molecular complexity index is 336. The minimum absolute atomic E-state index is 0.167. The van der Waals surface area contributed by atoms with Crippen LogP contribution in [0.3, 0.4) is 0 Å². The van der Waals surface area contributed by atoms with Gasteiger partial charge in [0.1, 0.15) is 24.3 Å². The maximum atomic E-state index is 12.9. The molecule has 1 aromatic carbocycles. The van der Waals surface area contributed by atoms with Gasteiger partial charge in [0.25, 0.3) is 0 Å². The van der Waals surface area contributed by atoms with Gasteiger partial charge < -0.3 is 15.2 Å². The van der Waals surface area contributed by atoms with E-state index in [9.17, 15) is 4.39 Å². The summed E-state index contributed by atoms with van der Waals surface area (Å²) in [7, 11) is 0. The topological polar surface area (TPSA) is 44.5 Å². The van der Waals surface area contributed by atoms with Crippen LogP contribution in [0.1, 0.15) is 6.92 Å². The molecule has 0 radical (unpaired) electrons. The van der Waals surface area contributed by atoms with Gasteiger partial charge in [0.15, 0.2) is 0 Å². The molecule has 1 atom stereocenters. The Hall–Kier alpha value is -0.650. The van der Waals surface area contributed by atoms with E-state index in [-0.39, 0.29) is 11.9 Å². The molecular weight excluding hydrogens is 277 g/mol. The fraction of sp³-hybridized carbons (Fsp3) is 0.455. The van der Waals surface area contributed by atoms with Crippen LogP contribution in [0.4, 0.5) is 4.39 Å². The summed E-state index contributed by atoms with van der Waals surface area (Å²) < 4.78 is 24.4. The average molecular weight is 292 g/mol. The standard InChI is InChI=1S/C11H15BrFNO2/c1-2-15-9(6-14)7-16-11-5-8(13)3-4-10(11)12/h3-5,9H,2,6-7,14H2,1H3. The van der Waals surface area contributed by atoms with Crippen molar-refractivity contribution >= 4 is 15.9 Å². The molecule has 0 heterocycles. The Balaban J connectivity index is 2.55. The second-order valence-electron chi connectivity index (χ2n) is 3.20. The summed E-state index contributed by atoms with van der Waals surface area (Å²) in [5.41, 5.74) is 5.50. The molecule has 0 saturated heterocycles. The minimum Gasteiger partial charge on any atom is -0.490 e.